The predicted molar refractivity (Wildman–Crippen MR) is 70.0 cm³/mol. The Bertz CT molecular complexity index is 403. The molecule has 1 rings (SSSR count). The normalized spacial score (nSPS) is 13.7. The molecule has 18 heavy (non-hydrogen) atoms. The molecule has 0 saturated heterocycles. The van der Waals surface area contributed by atoms with E-state index in [1.54, 1.807) is 13.8 Å². The SMILES string of the molecule is CC(CC(C)C(=O)OCc1ccccc1)C(=O)Cl. The van der Waals surface area contributed by atoms with Crippen LogP contribution in [0.2, 0.25) is 0 Å². The van der Waals surface area contributed by atoms with E-state index in [-0.39, 0.29) is 24.4 Å². The lowest BCUT2D eigenvalue weighted by Gasteiger charge is -2.13. The first-order chi connectivity index (χ1) is 8.50. The number of benzene rings is 1. The van der Waals surface area contributed by atoms with E-state index in [9.17, 15) is 9.59 Å². The molecule has 98 valence electrons. The summed E-state index contributed by atoms with van der Waals surface area (Å²) in [5, 5.41) is -0.419. The van der Waals surface area contributed by atoms with Gasteiger partial charge in [-0.1, -0.05) is 44.2 Å². The van der Waals surface area contributed by atoms with E-state index in [1.165, 1.54) is 0 Å². The molecule has 3 nitrogen and oxygen atoms in total. The molecule has 0 heterocycles. The number of hydrogen-bond acceptors (Lipinski definition) is 3. The average Bonchev–Trinajstić information content (AvgIpc) is 2.36. The van der Waals surface area contributed by atoms with Crippen molar-refractivity contribution in [2.45, 2.75) is 26.9 Å². The van der Waals surface area contributed by atoms with Crippen LogP contribution in [0, 0.1) is 11.8 Å². The zero-order valence-corrected chi connectivity index (χ0v) is 11.3. The van der Waals surface area contributed by atoms with E-state index in [0.29, 0.717) is 6.42 Å². The van der Waals surface area contributed by atoms with Gasteiger partial charge in [0.2, 0.25) is 5.24 Å². The smallest absolute Gasteiger partial charge is 0.309 e. The molecule has 0 aromatic heterocycles. The molecule has 1 aromatic carbocycles. The van der Waals surface area contributed by atoms with Gasteiger partial charge in [-0.2, -0.15) is 0 Å². The molecule has 0 aliphatic carbocycles. The predicted octanol–water partition coefficient (Wildman–Crippen LogP) is 3.16. The Balaban J connectivity index is 2.39. The molecule has 0 aliphatic rings. The highest BCUT2D eigenvalue weighted by molar-refractivity contribution is 6.63. The summed E-state index contributed by atoms with van der Waals surface area (Å²) >= 11 is 5.36. The summed E-state index contributed by atoms with van der Waals surface area (Å²) in [6, 6.07) is 9.47. The Morgan fingerprint density at radius 1 is 1.17 bits per heavy atom. The Labute approximate surface area is 112 Å². The fourth-order valence-corrected chi connectivity index (χ4v) is 1.68. The number of carbonyl (C=O) groups is 2. The molecular formula is C14H17ClO3. The van der Waals surface area contributed by atoms with Gasteiger partial charge < -0.3 is 4.74 Å². The number of halogens is 1. The van der Waals surface area contributed by atoms with Crippen molar-refractivity contribution in [3.63, 3.8) is 0 Å². The van der Waals surface area contributed by atoms with Crippen molar-refractivity contribution in [1.82, 2.24) is 0 Å². The molecule has 1 aromatic rings. The maximum atomic E-state index is 11.7. The summed E-state index contributed by atoms with van der Waals surface area (Å²) < 4.78 is 5.18. The van der Waals surface area contributed by atoms with E-state index in [0.717, 1.165) is 5.56 Å². The number of hydrogen-bond donors (Lipinski definition) is 0. The van der Waals surface area contributed by atoms with Crippen LogP contribution in [0.1, 0.15) is 25.8 Å². The van der Waals surface area contributed by atoms with Crippen molar-refractivity contribution in [1.29, 1.82) is 0 Å². The topological polar surface area (TPSA) is 43.4 Å². The van der Waals surface area contributed by atoms with Gasteiger partial charge in [0.05, 0.1) is 5.92 Å². The number of ether oxygens (including phenoxy) is 1. The van der Waals surface area contributed by atoms with Crippen molar-refractivity contribution < 1.29 is 14.3 Å². The minimum Gasteiger partial charge on any atom is -0.461 e. The van der Waals surface area contributed by atoms with Gasteiger partial charge in [-0.25, -0.2) is 0 Å². The van der Waals surface area contributed by atoms with Crippen LogP contribution in [0.25, 0.3) is 0 Å². The van der Waals surface area contributed by atoms with Gasteiger partial charge >= 0.3 is 5.97 Å². The standard InChI is InChI=1S/C14H17ClO3/c1-10(13(15)16)8-11(2)14(17)18-9-12-6-4-3-5-7-12/h3-7,10-11H,8-9H2,1-2H3. The van der Waals surface area contributed by atoms with Crippen LogP contribution < -0.4 is 0 Å². The second-order valence-corrected chi connectivity index (χ2v) is 4.81. The third kappa shape index (κ3) is 4.88. The second kappa shape index (κ2) is 7.17. The van der Waals surface area contributed by atoms with Gasteiger partial charge in [0.25, 0.3) is 0 Å². The van der Waals surface area contributed by atoms with Crippen LogP contribution in [0.4, 0.5) is 0 Å². The van der Waals surface area contributed by atoms with Crippen LogP contribution in [-0.2, 0) is 20.9 Å². The maximum Gasteiger partial charge on any atom is 0.309 e. The minimum absolute atomic E-state index is 0.257. The van der Waals surface area contributed by atoms with Gasteiger partial charge in [0, 0.05) is 5.92 Å². The highest BCUT2D eigenvalue weighted by atomic mass is 35.5. The van der Waals surface area contributed by atoms with Gasteiger partial charge in [-0.15, -0.1) is 0 Å². The number of rotatable bonds is 6. The minimum atomic E-state index is -0.419. The molecule has 0 aliphatic heterocycles. The van der Waals surface area contributed by atoms with E-state index < -0.39 is 5.24 Å². The largest absolute Gasteiger partial charge is 0.461 e. The zero-order valence-electron chi connectivity index (χ0n) is 10.6. The van der Waals surface area contributed by atoms with E-state index in [4.69, 9.17) is 16.3 Å². The van der Waals surface area contributed by atoms with Crippen LogP contribution in [0.3, 0.4) is 0 Å². The summed E-state index contributed by atoms with van der Waals surface area (Å²) in [7, 11) is 0. The maximum absolute atomic E-state index is 11.7. The lowest BCUT2D eigenvalue weighted by molar-refractivity contribution is -0.149. The molecule has 0 bridgehead atoms. The van der Waals surface area contributed by atoms with Crippen molar-refractivity contribution in [3.8, 4) is 0 Å². The van der Waals surface area contributed by atoms with Crippen molar-refractivity contribution in [2.24, 2.45) is 11.8 Å². The summed E-state index contributed by atoms with van der Waals surface area (Å²) in [6.07, 6.45) is 0.413. The van der Waals surface area contributed by atoms with E-state index in [2.05, 4.69) is 0 Å². The van der Waals surface area contributed by atoms with E-state index in [1.807, 2.05) is 30.3 Å². The molecule has 4 heteroatoms. The molecule has 2 unspecified atom stereocenters. The molecule has 2 atom stereocenters. The highest BCUT2D eigenvalue weighted by Gasteiger charge is 2.20. The summed E-state index contributed by atoms with van der Waals surface area (Å²) in [5.74, 6) is -0.957. The molecule has 0 saturated carbocycles. The fourth-order valence-electron chi connectivity index (χ4n) is 1.59. The number of carbonyl (C=O) groups excluding carboxylic acids is 2. The molecule has 0 amide bonds. The summed E-state index contributed by atoms with van der Waals surface area (Å²) in [4.78, 5) is 22.6. The second-order valence-electron chi connectivity index (χ2n) is 4.44. The van der Waals surface area contributed by atoms with Crippen LogP contribution in [0.5, 0.6) is 0 Å². The van der Waals surface area contributed by atoms with Gasteiger partial charge in [-0.05, 0) is 23.6 Å². The molecule has 0 fully saturated rings. The van der Waals surface area contributed by atoms with Crippen LogP contribution in [0.15, 0.2) is 30.3 Å². The van der Waals surface area contributed by atoms with Crippen LogP contribution in [-0.4, -0.2) is 11.2 Å². The Hall–Kier alpha value is -1.35. The first kappa shape index (κ1) is 14.7. The molecule has 0 radical (unpaired) electrons. The van der Waals surface area contributed by atoms with Crippen molar-refractivity contribution >= 4 is 22.8 Å². The average molecular weight is 269 g/mol. The fraction of sp³-hybridized carbons (Fsp3) is 0.429. The quantitative estimate of drug-likeness (QED) is 0.588. The van der Waals surface area contributed by atoms with Gasteiger partial charge in [-0.3, -0.25) is 9.59 Å². The lowest BCUT2D eigenvalue weighted by atomic mass is 9.98. The van der Waals surface area contributed by atoms with E-state index >= 15 is 0 Å². The van der Waals surface area contributed by atoms with Crippen molar-refractivity contribution in [3.05, 3.63) is 35.9 Å². The number of esters is 1. The van der Waals surface area contributed by atoms with Crippen molar-refractivity contribution in [2.75, 3.05) is 0 Å². The van der Waals surface area contributed by atoms with Gasteiger partial charge in [0.15, 0.2) is 0 Å². The Morgan fingerprint density at radius 2 is 1.78 bits per heavy atom. The Morgan fingerprint density at radius 3 is 2.33 bits per heavy atom. The molecule has 0 N–H and O–H groups in total. The summed E-state index contributed by atoms with van der Waals surface area (Å²) in [5.41, 5.74) is 0.944. The summed E-state index contributed by atoms with van der Waals surface area (Å²) in [6.45, 7) is 3.70. The monoisotopic (exact) mass is 268 g/mol. The zero-order chi connectivity index (χ0) is 13.5. The third-order valence-electron chi connectivity index (χ3n) is 2.72. The lowest BCUT2D eigenvalue weighted by Crippen LogP contribution is -2.19. The first-order valence-corrected chi connectivity index (χ1v) is 6.28. The molecular weight excluding hydrogens is 252 g/mol. The highest BCUT2D eigenvalue weighted by Crippen LogP contribution is 2.16. The van der Waals surface area contributed by atoms with Gasteiger partial charge in [0.1, 0.15) is 6.61 Å². The van der Waals surface area contributed by atoms with Crippen LogP contribution >= 0.6 is 11.6 Å². The Kier molecular flexibility index (Phi) is 5.86. The third-order valence-corrected chi connectivity index (χ3v) is 3.09. The molecule has 0 spiro atoms. The first-order valence-electron chi connectivity index (χ1n) is 5.90.